The van der Waals surface area contributed by atoms with E-state index in [2.05, 4.69) is 21.9 Å². The summed E-state index contributed by atoms with van der Waals surface area (Å²) >= 11 is 1.69. The van der Waals surface area contributed by atoms with Gasteiger partial charge in [0.25, 0.3) is 0 Å². The summed E-state index contributed by atoms with van der Waals surface area (Å²) in [7, 11) is 0. The first kappa shape index (κ1) is 16.8. The molecule has 6 heteroatoms. The monoisotopic (exact) mass is 359 g/mol. The van der Waals surface area contributed by atoms with Gasteiger partial charge >= 0.3 is 0 Å². The van der Waals surface area contributed by atoms with Crippen LogP contribution in [0.2, 0.25) is 0 Å². The standard InChI is InChI=1S/C19H25N3O2S/c23-18(19(8-2-3-9-19)17-7-5-11-25-17)21-15-12-20-22(13-15)14-16-6-1-4-10-24-16/h5,7,11-13,16H,1-4,6,8-10,14H2,(H,21,23)/t16-/m1/s1. The predicted octanol–water partition coefficient (Wildman–Crippen LogP) is 3.96. The summed E-state index contributed by atoms with van der Waals surface area (Å²) in [5, 5.41) is 9.57. The van der Waals surface area contributed by atoms with Gasteiger partial charge < -0.3 is 10.1 Å². The Kier molecular flexibility index (Phi) is 4.90. The molecule has 1 saturated carbocycles. The minimum atomic E-state index is -0.358. The van der Waals surface area contributed by atoms with Crippen LogP contribution in [0.1, 0.15) is 49.8 Å². The largest absolute Gasteiger partial charge is 0.376 e. The second kappa shape index (κ2) is 7.30. The number of thiophene rings is 1. The van der Waals surface area contributed by atoms with Gasteiger partial charge in [0.1, 0.15) is 0 Å². The Morgan fingerprint density at radius 3 is 2.96 bits per heavy atom. The number of anilines is 1. The first-order valence-corrected chi connectivity index (χ1v) is 10.1. The predicted molar refractivity (Wildman–Crippen MR) is 98.9 cm³/mol. The van der Waals surface area contributed by atoms with E-state index in [0.717, 1.165) is 57.4 Å². The molecule has 134 valence electrons. The number of hydrogen-bond donors (Lipinski definition) is 1. The lowest BCUT2D eigenvalue weighted by molar-refractivity contribution is -0.121. The number of carbonyl (C=O) groups excluding carboxylic acids is 1. The molecule has 3 heterocycles. The van der Waals surface area contributed by atoms with Crippen LogP contribution in [0.5, 0.6) is 0 Å². The summed E-state index contributed by atoms with van der Waals surface area (Å²) in [5.41, 5.74) is 0.423. The van der Waals surface area contributed by atoms with Crippen molar-refractivity contribution in [3.05, 3.63) is 34.8 Å². The Labute approximate surface area is 152 Å². The van der Waals surface area contributed by atoms with Crippen molar-refractivity contribution in [2.75, 3.05) is 11.9 Å². The molecule has 2 aliphatic rings. The lowest BCUT2D eigenvalue weighted by Crippen LogP contribution is -2.37. The van der Waals surface area contributed by atoms with E-state index in [0.29, 0.717) is 0 Å². The van der Waals surface area contributed by atoms with Gasteiger partial charge in [-0.15, -0.1) is 11.3 Å². The Hall–Kier alpha value is -1.66. The van der Waals surface area contributed by atoms with E-state index in [-0.39, 0.29) is 17.4 Å². The van der Waals surface area contributed by atoms with Gasteiger partial charge in [-0.3, -0.25) is 9.48 Å². The van der Waals surface area contributed by atoms with Crippen molar-refractivity contribution in [1.29, 1.82) is 0 Å². The zero-order chi connectivity index (χ0) is 17.1. The molecule has 0 spiro atoms. The highest BCUT2D eigenvalue weighted by Gasteiger charge is 2.43. The summed E-state index contributed by atoms with van der Waals surface area (Å²) < 4.78 is 7.66. The zero-order valence-corrected chi connectivity index (χ0v) is 15.3. The number of carbonyl (C=O) groups is 1. The summed E-state index contributed by atoms with van der Waals surface area (Å²) in [4.78, 5) is 14.3. The number of amides is 1. The maximum absolute atomic E-state index is 13.1. The van der Waals surface area contributed by atoms with Gasteiger partial charge in [0.2, 0.25) is 5.91 Å². The second-order valence-corrected chi connectivity index (χ2v) is 8.11. The van der Waals surface area contributed by atoms with Crippen LogP contribution in [-0.4, -0.2) is 28.4 Å². The number of aromatic nitrogens is 2. The SMILES string of the molecule is O=C(Nc1cnn(C[C@H]2CCCCO2)c1)C1(c2cccs2)CCCC1. The second-order valence-electron chi connectivity index (χ2n) is 7.16. The Balaban J connectivity index is 1.43. The van der Waals surface area contributed by atoms with Crippen molar-refractivity contribution < 1.29 is 9.53 Å². The smallest absolute Gasteiger partial charge is 0.235 e. The third-order valence-electron chi connectivity index (χ3n) is 5.44. The number of nitrogens with one attached hydrogen (secondary N) is 1. The minimum absolute atomic E-state index is 0.112. The molecule has 1 atom stereocenters. The van der Waals surface area contributed by atoms with E-state index >= 15 is 0 Å². The first-order valence-electron chi connectivity index (χ1n) is 9.26. The number of nitrogens with zero attached hydrogens (tertiary/aromatic N) is 2. The zero-order valence-electron chi connectivity index (χ0n) is 14.4. The van der Waals surface area contributed by atoms with Crippen molar-refractivity contribution in [2.45, 2.75) is 63.0 Å². The van der Waals surface area contributed by atoms with E-state index in [1.807, 2.05) is 16.9 Å². The van der Waals surface area contributed by atoms with Crippen molar-refractivity contribution >= 4 is 22.9 Å². The molecule has 4 rings (SSSR count). The molecule has 0 unspecified atom stereocenters. The van der Waals surface area contributed by atoms with E-state index in [9.17, 15) is 4.79 Å². The quantitative estimate of drug-likeness (QED) is 0.879. The molecule has 1 aliphatic heterocycles. The van der Waals surface area contributed by atoms with Crippen LogP contribution in [-0.2, 0) is 21.5 Å². The number of rotatable bonds is 5. The van der Waals surface area contributed by atoms with Gasteiger partial charge in [-0.2, -0.15) is 5.10 Å². The van der Waals surface area contributed by atoms with Crippen molar-refractivity contribution in [3.63, 3.8) is 0 Å². The van der Waals surface area contributed by atoms with Crippen molar-refractivity contribution in [1.82, 2.24) is 9.78 Å². The van der Waals surface area contributed by atoms with Gasteiger partial charge in [-0.25, -0.2) is 0 Å². The van der Waals surface area contributed by atoms with Gasteiger partial charge in [0.05, 0.1) is 29.9 Å². The van der Waals surface area contributed by atoms with E-state index < -0.39 is 0 Å². The van der Waals surface area contributed by atoms with Gasteiger partial charge in [-0.1, -0.05) is 18.9 Å². The fraction of sp³-hybridized carbons (Fsp3) is 0.579. The molecule has 0 radical (unpaired) electrons. The van der Waals surface area contributed by atoms with Crippen LogP contribution >= 0.6 is 11.3 Å². The molecular formula is C19H25N3O2S. The van der Waals surface area contributed by atoms with Gasteiger partial charge in [-0.05, 0) is 43.6 Å². The number of hydrogen-bond acceptors (Lipinski definition) is 4. The van der Waals surface area contributed by atoms with Crippen LogP contribution < -0.4 is 5.32 Å². The highest BCUT2D eigenvalue weighted by Crippen LogP contribution is 2.43. The van der Waals surface area contributed by atoms with E-state index in [1.165, 1.54) is 11.3 Å². The molecule has 2 aromatic rings. The molecule has 1 N–H and O–H groups in total. The first-order chi connectivity index (χ1) is 12.3. The maximum Gasteiger partial charge on any atom is 0.235 e. The molecule has 2 aromatic heterocycles. The average molecular weight is 359 g/mol. The highest BCUT2D eigenvalue weighted by molar-refractivity contribution is 7.10. The third kappa shape index (κ3) is 3.51. The minimum Gasteiger partial charge on any atom is -0.376 e. The molecule has 5 nitrogen and oxygen atoms in total. The summed E-state index contributed by atoms with van der Waals surface area (Å²) in [6.45, 7) is 1.60. The van der Waals surface area contributed by atoms with Gasteiger partial charge in [0, 0.05) is 17.7 Å². The topological polar surface area (TPSA) is 56.2 Å². The van der Waals surface area contributed by atoms with E-state index in [4.69, 9.17) is 4.74 Å². The Morgan fingerprint density at radius 1 is 1.36 bits per heavy atom. The van der Waals surface area contributed by atoms with Crippen LogP contribution in [0, 0.1) is 0 Å². The lowest BCUT2D eigenvalue weighted by atomic mass is 9.83. The summed E-state index contributed by atoms with van der Waals surface area (Å²) in [6.07, 6.45) is 11.5. The van der Waals surface area contributed by atoms with Crippen molar-refractivity contribution in [2.24, 2.45) is 0 Å². The van der Waals surface area contributed by atoms with Crippen LogP contribution in [0.3, 0.4) is 0 Å². The highest BCUT2D eigenvalue weighted by atomic mass is 32.1. The molecular weight excluding hydrogens is 334 g/mol. The number of ether oxygens (including phenoxy) is 1. The third-order valence-corrected chi connectivity index (χ3v) is 6.51. The molecule has 25 heavy (non-hydrogen) atoms. The molecule has 2 fully saturated rings. The molecule has 1 amide bonds. The van der Waals surface area contributed by atoms with Crippen molar-refractivity contribution in [3.8, 4) is 0 Å². The Bertz CT molecular complexity index is 698. The van der Waals surface area contributed by atoms with Gasteiger partial charge in [0.15, 0.2) is 0 Å². The fourth-order valence-corrected chi connectivity index (χ4v) is 5.04. The summed E-state index contributed by atoms with van der Waals surface area (Å²) in [5.74, 6) is 0.112. The summed E-state index contributed by atoms with van der Waals surface area (Å²) in [6, 6.07) is 4.13. The molecule has 0 bridgehead atoms. The Morgan fingerprint density at radius 2 is 2.24 bits per heavy atom. The van der Waals surface area contributed by atoms with Crippen LogP contribution in [0.15, 0.2) is 29.9 Å². The molecule has 1 saturated heterocycles. The molecule has 1 aliphatic carbocycles. The normalized spacial score (nSPS) is 22.8. The van der Waals surface area contributed by atoms with E-state index in [1.54, 1.807) is 17.5 Å². The average Bonchev–Trinajstić information content (AvgIpc) is 3.38. The lowest BCUT2D eigenvalue weighted by Gasteiger charge is -2.26. The van der Waals surface area contributed by atoms with Crippen LogP contribution in [0.4, 0.5) is 5.69 Å². The maximum atomic E-state index is 13.1. The van der Waals surface area contributed by atoms with Crippen LogP contribution in [0.25, 0.3) is 0 Å². The molecule has 0 aromatic carbocycles. The fourth-order valence-electron chi connectivity index (χ4n) is 4.05.